The van der Waals surface area contributed by atoms with Gasteiger partial charge in [0.1, 0.15) is 5.69 Å². The summed E-state index contributed by atoms with van der Waals surface area (Å²) in [6, 6.07) is 9.84. The standard InChI is InChI=1S/C17H19BrN4O/c1-11-8-12(2)22(21-11)7-3-6-19-17(23)16-9-13-4-5-14(18)10-15(13)20-16/h4-5,8-10,20H,3,6-7H2,1-2H3,(H,19,23). The molecule has 3 aromatic rings. The third kappa shape index (κ3) is 3.64. The zero-order chi connectivity index (χ0) is 16.4. The number of H-pyrrole nitrogens is 1. The highest BCUT2D eigenvalue weighted by molar-refractivity contribution is 9.10. The molecule has 23 heavy (non-hydrogen) atoms. The van der Waals surface area contributed by atoms with Gasteiger partial charge in [0.2, 0.25) is 0 Å². The number of fused-ring (bicyclic) bond motifs is 1. The number of nitrogens with zero attached hydrogens (tertiary/aromatic N) is 2. The van der Waals surface area contributed by atoms with Gasteiger partial charge in [0.25, 0.3) is 5.91 Å². The van der Waals surface area contributed by atoms with E-state index in [0.717, 1.165) is 39.7 Å². The van der Waals surface area contributed by atoms with Gasteiger partial charge in [0, 0.05) is 34.2 Å². The van der Waals surface area contributed by atoms with Gasteiger partial charge in [-0.25, -0.2) is 0 Å². The molecule has 0 saturated heterocycles. The summed E-state index contributed by atoms with van der Waals surface area (Å²) in [6.07, 6.45) is 0.847. The Kier molecular flexibility index (Phi) is 4.52. The van der Waals surface area contributed by atoms with Crippen LogP contribution in [0, 0.1) is 13.8 Å². The van der Waals surface area contributed by atoms with Crippen molar-refractivity contribution < 1.29 is 4.79 Å². The fourth-order valence-electron chi connectivity index (χ4n) is 2.65. The summed E-state index contributed by atoms with van der Waals surface area (Å²) in [5, 5.41) is 8.39. The van der Waals surface area contributed by atoms with Crippen molar-refractivity contribution >= 4 is 32.7 Å². The number of rotatable bonds is 5. The Morgan fingerprint density at radius 2 is 2.13 bits per heavy atom. The van der Waals surface area contributed by atoms with E-state index < -0.39 is 0 Å². The molecule has 2 heterocycles. The van der Waals surface area contributed by atoms with Crippen LogP contribution in [0.4, 0.5) is 0 Å². The van der Waals surface area contributed by atoms with E-state index in [1.807, 2.05) is 42.8 Å². The summed E-state index contributed by atoms with van der Waals surface area (Å²) in [5.74, 6) is -0.0781. The minimum atomic E-state index is -0.0781. The van der Waals surface area contributed by atoms with Crippen LogP contribution in [-0.4, -0.2) is 27.2 Å². The topological polar surface area (TPSA) is 62.7 Å². The number of aryl methyl sites for hydroxylation is 3. The van der Waals surface area contributed by atoms with Crippen molar-refractivity contribution in [1.82, 2.24) is 20.1 Å². The number of hydrogen-bond acceptors (Lipinski definition) is 2. The first-order chi connectivity index (χ1) is 11.0. The molecular weight excluding hydrogens is 356 g/mol. The smallest absolute Gasteiger partial charge is 0.267 e. The van der Waals surface area contributed by atoms with E-state index in [2.05, 4.69) is 37.4 Å². The van der Waals surface area contributed by atoms with Crippen LogP contribution in [-0.2, 0) is 6.54 Å². The second-order valence-electron chi connectivity index (χ2n) is 5.67. The molecule has 0 atom stereocenters. The van der Waals surface area contributed by atoms with Crippen molar-refractivity contribution in [3.05, 3.63) is 51.9 Å². The molecule has 5 nitrogen and oxygen atoms in total. The lowest BCUT2D eigenvalue weighted by molar-refractivity contribution is 0.0948. The summed E-state index contributed by atoms with van der Waals surface area (Å²) in [7, 11) is 0. The summed E-state index contributed by atoms with van der Waals surface area (Å²) < 4.78 is 2.96. The summed E-state index contributed by atoms with van der Waals surface area (Å²) in [6.45, 7) is 5.45. The number of aromatic nitrogens is 3. The van der Waals surface area contributed by atoms with Crippen LogP contribution < -0.4 is 5.32 Å². The monoisotopic (exact) mass is 374 g/mol. The van der Waals surface area contributed by atoms with Crippen molar-refractivity contribution in [2.24, 2.45) is 0 Å². The van der Waals surface area contributed by atoms with Gasteiger partial charge in [-0.3, -0.25) is 9.48 Å². The number of aromatic amines is 1. The molecule has 0 bridgehead atoms. The largest absolute Gasteiger partial charge is 0.351 e. The minimum absolute atomic E-state index is 0.0781. The molecule has 1 aromatic carbocycles. The second kappa shape index (κ2) is 6.58. The van der Waals surface area contributed by atoms with Gasteiger partial charge in [0.15, 0.2) is 0 Å². The van der Waals surface area contributed by atoms with Crippen LogP contribution in [0.1, 0.15) is 28.3 Å². The third-order valence-electron chi connectivity index (χ3n) is 3.76. The number of carbonyl (C=O) groups excluding carboxylic acids is 1. The van der Waals surface area contributed by atoms with Gasteiger partial charge in [-0.1, -0.05) is 22.0 Å². The van der Waals surface area contributed by atoms with Gasteiger partial charge < -0.3 is 10.3 Å². The number of carbonyl (C=O) groups is 1. The summed E-state index contributed by atoms with van der Waals surface area (Å²) in [4.78, 5) is 15.4. The summed E-state index contributed by atoms with van der Waals surface area (Å²) >= 11 is 3.43. The van der Waals surface area contributed by atoms with Crippen LogP contribution in [0.2, 0.25) is 0 Å². The summed E-state index contributed by atoms with van der Waals surface area (Å²) in [5.41, 5.74) is 3.71. The molecular formula is C17H19BrN4O. The molecule has 2 aromatic heterocycles. The van der Waals surface area contributed by atoms with Crippen LogP contribution in [0.5, 0.6) is 0 Å². The van der Waals surface area contributed by atoms with Crippen LogP contribution in [0.3, 0.4) is 0 Å². The van der Waals surface area contributed by atoms with Gasteiger partial charge in [-0.15, -0.1) is 0 Å². The van der Waals surface area contributed by atoms with Gasteiger partial charge in [-0.2, -0.15) is 5.10 Å². The van der Waals surface area contributed by atoms with Crippen LogP contribution in [0.25, 0.3) is 10.9 Å². The Hall–Kier alpha value is -2.08. The van der Waals surface area contributed by atoms with Crippen LogP contribution >= 0.6 is 15.9 Å². The van der Waals surface area contributed by atoms with E-state index in [-0.39, 0.29) is 5.91 Å². The molecule has 2 N–H and O–H groups in total. The maximum atomic E-state index is 12.2. The normalized spacial score (nSPS) is 11.1. The van der Waals surface area contributed by atoms with Gasteiger partial charge in [0.05, 0.1) is 5.69 Å². The molecule has 0 aliphatic rings. The highest BCUT2D eigenvalue weighted by atomic mass is 79.9. The molecule has 0 unspecified atom stereocenters. The SMILES string of the molecule is Cc1cc(C)n(CCCNC(=O)c2cc3ccc(Br)cc3[nH]2)n1. The second-order valence-corrected chi connectivity index (χ2v) is 6.59. The molecule has 120 valence electrons. The Balaban J connectivity index is 1.55. The zero-order valence-corrected chi connectivity index (χ0v) is 14.8. The average molecular weight is 375 g/mol. The average Bonchev–Trinajstić information content (AvgIpc) is 3.06. The lowest BCUT2D eigenvalue weighted by atomic mass is 10.2. The lowest BCUT2D eigenvalue weighted by Crippen LogP contribution is -2.25. The van der Waals surface area contributed by atoms with Crippen molar-refractivity contribution in [2.75, 3.05) is 6.54 Å². The molecule has 3 rings (SSSR count). The number of benzene rings is 1. The zero-order valence-electron chi connectivity index (χ0n) is 13.2. The fourth-order valence-corrected chi connectivity index (χ4v) is 3.01. The van der Waals surface area contributed by atoms with Gasteiger partial charge in [-0.05, 0) is 44.5 Å². The Morgan fingerprint density at radius 1 is 1.30 bits per heavy atom. The third-order valence-corrected chi connectivity index (χ3v) is 4.26. The molecule has 1 amide bonds. The first-order valence-electron chi connectivity index (χ1n) is 7.60. The maximum absolute atomic E-state index is 12.2. The Labute approximate surface area is 143 Å². The van der Waals surface area contributed by atoms with Crippen molar-refractivity contribution in [3.8, 4) is 0 Å². The van der Waals surface area contributed by atoms with E-state index in [4.69, 9.17) is 0 Å². The molecule has 0 saturated carbocycles. The number of nitrogens with one attached hydrogen (secondary N) is 2. The molecule has 0 radical (unpaired) electrons. The first-order valence-corrected chi connectivity index (χ1v) is 8.40. The van der Waals surface area contributed by atoms with Gasteiger partial charge >= 0.3 is 0 Å². The van der Waals surface area contributed by atoms with E-state index >= 15 is 0 Å². The lowest BCUT2D eigenvalue weighted by Gasteiger charge is -2.05. The van der Waals surface area contributed by atoms with E-state index in [0.29, 0.717) is 12.2 Å². The highest BCUT2D eigenvalue weighted by Gasteiger charge is 2.09. The predicted molar refractivity (Wildman–Crippen MR) is 94.6 cm³/mol. The Morgan fingerprint density at radius 3 is 2.87 bits per heavy atom. The van der Waals surface area contributed by atoms with E-state index in [9.17, 15) is 4.79 Å². The molecule has 6 heteroatoms. The van der Waals surface area contributed by atoms with Crippen molar-refractivity contribution in [1.29, 1.82) is 0 Å². The fraction of sp³-hybridized carbons (Fsp3) is 0.294. The minimum Gasteiger partial charge on any atom is -0.351 e. The number of amides is 1. The predicted octanol–water partition coefficient (Wildman–Crippen LogP) is 3.56. The number of hydrogen-bond donors (Lipinski definition) is 2. The van der Waals surface area contributed by atoms with E-state index in [1.54, 1.807) is 0 Å². The molecule has 0 aliphatic heterocycles. The highest BCUT2D eigenvalue weighted by Crippen LogP contribution is 2.20. The molecule has 0 fully saturated rings. The van der Waals surface area contributed by atoms with Crippen molar-refractivity contribution in [2.45, 2.75) is 26.8 Å². The van der Waals surface area contributed by atoms with E-state index in [1.165, 1.54) is 0 Å². The molecule has 0 aliphatic carbocycles. The maximum Gasteiger partial charge on any atom is 0.267 e. The Bertz CT molecular complexity index is 850. The van der Waals surface area contributed by atoms with Crippen LogP contribution in [0.15, 0.2) is 34.8 Å². The molecule has 0 spiro atoms. The van der Waals surface area contributed by atoms with Crippen molar-refractivity contribution in [3.63, 3.8) is 0 Å². The first kappa shape index (κ1) is 15.8. The quantitative estimate of drug-likeness (QED) is 0.670. The number of halogens is 1.